The van der Waals surface area contributed by atoms with E-state index in [4.69, 9.17) is 21.3 Å². The molecule has 2 heterocycles. The normalized spacial score (nSPS) is 26.8. The van der Waals surface area contributed by atoms with Gasteiger partial charge in [0.15, 0.2) is 5.96 Å². The molecule has 3 aliphatic rings. The van der Waals surface area contributed by atoms with Gasteiger partial charge in [-0.25, -0.2) is 4.39 Å². The van der Waals surface area contributed by atoms with Gasteiger partial charge in [-0.2, -0.15) is 0 Å². The van der Waals surface area contributed by atoms with Crippen LogP contribution in [-0.2, 0) is 4.74 Å². The van der Waals surface area contributed by atoms with Crippen LogP contribution < -0.4 is 5.32 Å². The van der Waals surface area contributed by atoms with Gasteiger partial charge in [-0.3, -0.25) is 4.99 Å². The Labute approximate surface area is 182 Å². The van der Waals surface area contributed by atoms with E-state index < -0.39 is 0 Å². The van der Waals surface area contributed by atoms with Crippen molar-refractivity contribution in [3.05, 3.63) is 34.6 Å². The molecule has 2 unspecified atom stereocenters. The van der Waals surface area contributed by atoms with E-state index in [1.165, 1.54) is 12.5 Å². The summed E-state index contributed by atoms with van der Waals surface area (Å²) < 4.78 is 19.7. The van der Waals surface area contributed by atoms with Crippen molar-refractivity contribution >= 4 is 41.5 Å². The van der Waals surface area contributed by atoms with Crippen LogP contribution in [0.3, 0.4) is 0 Å². The minimum atomic E-state index is -0.205. The average molecular weight is 508 g/mol. The largest absolute Gasteiger partial charge is 0.381 e. The number of halogens is 3. The van der Waals surface area contributed by atoms with Crippen LogP contribution in [0, 0.1) is 11.2 Å². The molecule has 0 aromatic heterocycles. The van der Waals surface area contributed by atoms with Gasteiger partial charge in [0.25, 0.3) is 0 Å². The van der Waals surface area contributed by atoms with Crippen LogP contribution in [0.2, 0.25) is 5.02 Å². The SMILES string of the molecule is CCN=C(NC1CC1c1c(F)cccc1Cl)N1CCC2(CCOCC2)C1.I. The van der Waals surface area contributed by atoms with Gasteiger partial charge in [0.2, 0.25) is 0 Å². The molecule has 1 N–H and O–H groups in total. The molecule has 7 heteroatoms. The third-order valence-corrected chi connectivity index (χ3v) is 6.40. The van der Waals surface area contributed by atoms with Gasteiger partial charge in [-0.05, 0) is 50.2 Å². The molecule has 4 rings (SSSR count). The summed E-state index contributed by atoms with van der Waals surface area (Å²) in [4.78, 5) is 7.09. The molecular formula is C20H28ClFIN3O. The van der Waals surface area contributed by atoms with Crippen LogP contribution in [0.15, 0.2) is 23.2 Å². The molecule has 0 amide bonds. The second-order valence-electron chi connectivity index (χ2n) is 7.81. The zero-order valence-corrected chi connectivity index (χ0v) is 18.8. The van der Waals surface area contributed by atoms with Gasteiger partial charge in [-0.1, -0.05) is 17.7 Å². The third kappa shape index (κ3) is 4.53. The molecule has 3 fully saturated rings. The number of aliphatic imine (C=N–C) groups is 1. The van der Waals surface area contributed by atoms with E-state index in [-0.39, 0.29) is 41.8 Å². The highest BCUT2D eigenvalue weighted by Crippen LogP contribution is 2.45. The van der Waals surface area contributed by atoms with Crippen molar-refractivity contribution < 1.29 is 9.13 Å². The van der Waals surface area contributed by atoms with E-state index in [1.54, 1.807) is 12.1 Å². The molecule has 2 saturated heterocycles. The maximum absolute atomic E-state index is 14.2. The summed E-state index contributed by atoms with van der Waals surface area (Å²) in [5.41, 5.74) is 1.02. The summed E-state index contributed by atoms with van der Waals surface area (Å²) in [6.07, 6.45) is 4.38. The molecular weight excluding hydrogens is 480 g/mol. The average Bonchev–Trinajstić information content (AvgIpc) is 3.26. The van der Waals surface area contributed by atoms with E-state index in [0.717, 1.165) is 58.1 Å². The van der Waals surface area contributed by atoms with E-state index in [1.807, 2.05) is 0 Å². The van der Waals surface area contributed by atoms with E-state index in [2.05, 4.69) is 17.1 Å². The second kappa shape index (κ2) is 8.82. The highest BCUT2D eigenvalue weighted by Gasteiger charge is 2.44. The Hall–Kier alpha value is -0.600. The van der Waals surface area contributed by atoms with Crippen molar-refractivity contribution in [3.8, 4) is 0 Å². The van der Waals surface area contributed by atoms with Crippen LogP contribution in [0.1, 0.15) is 44.1 Å². The van der Waals surface area contributed by atoms with Crippen LogP contribution in [-0.4, -0.2) is 49.7 Å². The summed E-state index contributed by atoms with van der Waals surface area (Å²) >= 11 is 6.23. The molecule has 0 radical (unpaired) electrons. The maximum atomic E-state index is 14.2. The van der Waals surface area contributed by atoms with Crippen molar-refractivity contribution in [2.45, 2.75) is 44.6 Å². The lowest BCUT2D eigenvalue weighted by Crippen LogP contribution is -2.43. The quantitative estimate of drug-likeness (QED) is 0.374. The van der Waals surface area contributed by atoms with Crippen molar-refractivity contribution in [3.63, 3.8) is 0 Å². The highest BCUT2D eigenvalue weighted by atomic mass is 127. The maximum Gasteiger partial charge on any atom is 0.194 e. The lowest BCUT2D eigenvalue weighted by molar-refractivity contribution is 0.0217. The predicted molar refractivity (Wildman–Crippen MR) is 118 cm³/mol. The standard InChI is InChI=1S/C20H27ClFN3O.HI/c1-2-23-19(25-9-6-20(13-25)7-10-26-11-8-20)24-17-12-14(17)18-15(21)4-3-5-16(18)22;/h3-5,14,17H,2,6-13H2,1H3,(H,23,24);1H. The van der Waals surface area contributed by atoms with Crippen LogP contribution in [0.4, 0.5) is 4.39 Å². The van der Waals surface area contributed by atoms with Crippen molar-refractivity contribution in [2.24, 2.45) is 10.4 Å². The van der Waals surface area contributed by atoms with Crippen molar-refractivity contribution in [1.82, 2.24) is 10.2 Å². The molecule has 0 bridgehead atoms. The first-order valence-electron chi connectivity index (χ1n) is 9.69. The lowest BCUT2D eigenvalue weighted by Gasteiger charge is -2.33. The Morgan fingerprint density at radius 3 is 2.85 bits per heavy atom. The van der Waals surface area contributed by atoms with E-state index in [0.29, 0.717) is 16.0 Å². The fraction of sp³-hybridized carbons (Fsp3) is 0.650. The first-order chi connectivity index (χ1) is 12.6. The van der Waals surface area contributed by atoms with Gasteiger partial charge in [-0.15, -0.1) is 24.0 Å². The molecule has 1 saturated carbocycles. The van der Waals surface area contributed by atoms with E-state index >= 15 is 0 Å². The molecule has 1 aromatic carbocycles. The smallest absolute Gasteiger partial charge is 0.194 e. The fourth-order valence-corrected chi connectivity index (χ4v) is 4.72. The second-order valence-corrected chi connectivity index (χ2v) is 8.22. The van der Waals surface area contributed by atoms with Gasteiger partial charge in [0.1, 0.15) is 5.82 Å². The summed E-state index contributed by atoms with van der Waals surface area (Å²) in [6, 6.07) is 5.13. The minimum Gasteiger partial charge on any atom is -0.381 e. The molecule has 2 aliphatic heterocycles. The number of likely N-dealkylation sites (tertiary alicyclic amines) is 1. The molecule has 150 valence electrons. The third-order valence-electron chi connectivity index (χ3n) is 6.07. The Morgan fingerprint density at radius 1 is 1.37 bits per heavy atom. The van der Waals surface area contributed by atoms with E-state index in [9.17, 15) is 4.39 Å². The Kier molecular flexibility index (Phi) is 6.90. The number of nitrogens with one attached hydrogen (secondary N) is 1. The Bertz CT molecular complexity index is 676. The molecule has 1 aliphatic carbocycles. The zero-order chi connectivity index (χ0) is 18.1. The van der Waals surface area contributed by atoms with Crippen molar-refractivity contribution in [1.29, 1.82) is 0 Å². The van der Waals surface area contributed by atoms with Crippen LogP contribution in [0.25, 0.3) is 0 Å². The fourth-order valence-electron chi connectivity index (χ4n) is 4.42. The Balaban J connectivity index is 0.00000210. The monoisotopic (exact) mass is 507 g/mol. The molecule has 4 nitrogen and oxygen atoms in total. The summed E-state index contributed by atoms with van der Waals surface area (Å²) in [5, 5.41) is 4.10. The van der Waals surface area contributed by atoms with Gasteiger partial charge < -0.3 is 15.0 Å². The van der Waals surface area contributed by atoms with Gasteiger partial charge in [0.05, 0.1) is 0 Å². The molecule has 2 atom stereocenters. The molecule has 1 aromatic rings. The Morgan fingerprint density at radius 2 is 2.15 bits per heavy atom. The lowest BCUT2D eigenvalue weighted by atomic mass is 9.80. The first kappa shape index (κ1) is 21.1. The summed E-state index contributed by atoms with van der Waals surface area (Å²) in [7, 11) is 0. The number of guanidine groups is 1. The zero-order valence-electron chi connectivity index (χ0n) is 15.7. The number of hydrogen-bond donors (Lipinski definition) is 1. The summed E-state index contributed by atoms with van der Waals surface area (Å²) in [5.74, 6) is 0.893. The molecule has 27 heavy (non-hydrogen) atoms. The number of hydrogen-bond acceptors (Lipinski definition) is 2. The number of rotatable bonds is 3. The molecule has 1 spiro atoms. The van der Waals surface area contributed by atoms with Crippen LogP contribution in [0.5, 0.6) is 0 Å². The number of ether oxygens (including phenoxy) is 1. The number of nitrogens with zero attached hydrogens (tertiary/aromatic N) is 2. The van der Waals surface area contributed by atoms with Gasteiger partial charge in [0, 0.05) is 55.4 Å². The highest BCUT2D eigenvalue weighted by molar-refractivity contribution is 14.0. The van der Waals surface area contributed by atoms with Crippen LogP contribution >= 0.6 is 35.6 Å². The minimum absolute atomic E-state index is 0. The topological polar surface area (TPSA) is 36.9 Å². The number of benzene rings is 1. The predicted octanol–water partition coefficient (Wildman–Crippen LogP) is 4.42. The van der Waals surface area contributed by atoms with Crippen molar-refractivity contribution in [2.75, 3.05) is 32.8 Å². The first-order valence-corrected chi connectivity index (χ1v) is 10.1. The van der Waals surface area contributed by atoms with Gasteiger partial charge >= 0.3 is 0 Å². The summed E-state index contributed by atoms with van der Waals surface area (Å²) in [6.45, 7) is 6.62.